The van der Waals surface area contributed by atoms with Gasteiger partial charge in [0.25, 0.3) is 0 Å². The van der Waals surface area contributed by atoms with Crippen molar-refractivity contribution in [2.24, 2.45) is 11.1 Å². The van der Waals surface area contributed by atoms with Crippen LogP contribution in [0.15, 0.2) is 29.2 Å². The Bertz CT molecular complexity index is 492. The third-order valence-electron chi connectivity index (χ3n) is 2.29. The quantitative estimate of drug-likeness (QED) is 0.857. The zero-order valence-electron chi connectivity index (χ0n) is 9.30. The molecular formula is C11H15NO3S. The summed E-state index contributed by atoms with van der Waals surface area (Å²) < 4.78 is 22.5. The molecule has 0 unspecified atom stereocenters. The van der Waals surface area contributed by atoms with Crippen LogP contribution in [0.1, 0.15) is 19.4 Å². The van der Waals surface area contributed by atoms with Crippen molar-refractivity contribution in [3.05, 3.63) is 29.8 Å². The van der Waals surface area contributed by atoms with Gasteiger partial charge < -0.3 is 0 Å². The Kier molecular flexibility index (Phi) is 3.83. The Hall–Kier alpha value is -1.20. The number of rotatable bonds is 4. The van der Waals surface area contributed by atoms with E-state index in [-0.39, 0.29) is 23.0 Å². The van der Waals surface area contributed by atoms with Crippen LogP contribution in [0.4, 0.5) is 0 Å². The van der Waals surface area contributed by atoms with Crippen molar-refractivity contribution in [1.82, 2.24) is 0 Å². The van der Waals surface area contributed by atoms with Gasteiger partial charge in [-0.3, -0.25) is 4.79 Å². The number of carbonyl (C=O) groups is 1. The molecule has 0 atom stereocenters. The van der Waals surface area contributed by atoms with Crippen molar-refractivity contribution in [2.75, 3.05) is 0 Å². The number of ketones is 1. The lowest BCUT2D eigenvalue weighted by atomic mass is 10.0. The number of benzene rings is 1. The molecule has 88 valence electrons. The van der Waals surface area contributed by atoms with Crippen LogP contribution in [-0.4, -0.2) is 14.2 Å². The van der Waals surface area contributed by atoms with Gasteiger partial charge in [0.15, 0.2) is 0 Å². The normalized spacial score (nSPS) is 11.8. The zero-order valence-corrected chi connectivity index (χ0v) is 10.1. The summed E-state index contributed by atoms with van der Waals surface area (Å²) in [5, 5.41) is 5.07. The van der Waals surface area contributed by atoms with E-state index in [9.17, 15) is 13.2 Å². The Labute approximate surface area is 95.5 Å². The Morgan fingerprint density at radius 3 is 2.38 bits per heavy atom. The average molecular weight is 241 g/mol. The maximum atomic E-state index is 11.6. The highest BCUT2D eigenvalue weighted by Gasteiger charge is 2.16. The van der Waals surface area contributed by atoms with Gasteiger partial charge in [-0.2, -0.15) is 0 Å². The molecule has 0 bridgehead atoms. The van der Waals surface area contributed by atoms with Crippen LogP contribution >= 0.6 is 0 Å². The topological polar surface area (TPSA) is 77.2 Å². The van der Waals surface area contributed by atoms with E-state index in [1.165, 1.54) is 6.07 Å². The second-order valence-electron chi connectivity index (χ2n) is 3.95. The summed E-state index contributed by atoms with van der Waals surface area (Å²) in [6.07, 6.45) is 0.101. The van der Waals surface area contributed by atoms with Crippen LogP contribution in [0.3, 0.4) is 0 Å². The second-order valence-corrected chi connectivity index (χ2v) is 5.48. The van der Waals surface area contributed by atoms with Crippen LogP contribution in [0.2, 0.25) is 0 Å². The molecule has 0 aliphatic heterocycles. The first-order valence-electron chi connectivity index (χ1n) is 4.96. The Morgan fingerprint density at radius 2 is 1.88 bits per heavy atom. The highest BCUT2D eigenvalue weighted by molar-refractivity contribution is 7.89. The maximum absolute atomic E-state index is 11.6. The van der Waals surface area contributed by atoms with Gasteiger partial charge in [-0.1, -0.05) is 32.0 Å². The van der Waals surface area contributed by atoms with E-state index in [0.717, 1.165) is 0 Å². The summed E-state index contributed by atoms with van der Waals surface area (Å²) in [4.78, 5) is 11.6. The molecular weight excluding hydrogens is 226 g/mol. The molecule has 0 fully saturated rings. The summed E-state index contributed by atoms with van der Waals surface area (Å²) in [6.45, 7) is 3.56. The van der Waals surface area contributed by atoms with Crippen molar-refractivity contribution in [3.63, 3.8) is 0 Å². The van der Waals surface area contributed by atoms with Gasteiger partial charge in [0.2, 0.25) is 10.0 Å². The lowest BCUT2D eigenvalue weighted by Crippen LogP contribution is -2.17. The summed E-state index contributed by atoms with van der Waals surface area (Å²) >= 11 is 0. The number of hydrogen-bond donors (Lipinski definition) is 1. The van der Waals surface area contributed by atoms with Gasteiger partial charge in [-0.25, -0.2) is 13.6 Å². The van der Waals surface area contributed by atoms with Crippen LogP contribution in [0, 0.1) is 5.92 Å². The fourth-order valence-corrected chi connectivity index (χ4v) is 2.09. The molecule has 1 rings (SSSR count). The van der Waals surface area contributed by atoms with E-state index in [4.69, 9.17) is 5.14 Å². The molecule has 0 aliphatic rings. The molecule has 2 N–H and O–H groups in total. The van der Waals surface area contributed by atoms with Crippen molar-refractivity contribution >= 4 is 15.8 Å². The zero-order chi connectivity index (χ0) is 12.3. The van der Waals surface area contributed by atoms with Crippen molar-refractivity contribution < 1.29 is 13.2 Å². The predicted molar refractivity (Wildman–Crippen MR) is 61.4 cm³/mol. The number of carbonyl (C=O) groups excluding carboxylic acids is 1. The van der Waals surface area contributed by atoms with Crippen LogP contribution in [0.5, 0.6) is 0 Å². The largest absolute Gasteiger partial charge is 0.299 e. The van der Waals surface area contributed by atoms with E-state index < -0.39 is 10.0 Å². The number of primary sulfonamides is 1. The van der Waals surface area contributed by atoms with E-state index in [2.05, 4.69) is 0 Å². The highest BCUT2D eigenvalue weighted by atomic mass is 32.2. The van der Waals surface area contributed by atoms with Gasteiger partial charge in [0.1, 0.15) is 5.78 Å². The number of Topliss-reactive ketones (excluding diaryl/α,β-unsaturated/α-hetero) is 1. The van der Waals surface area contributed by atoms with Gasteiger partial charge in [0, 0.05) is 12.3 Å². The molecule has 0 radical (unpaired) electrons. The fraction of sp³-hybridized carbons (Fsp3) is 0.364. The summed E-state index contributed by atoms with van der Waals surface area (Å²) in [6, 6.07) is 6.30. The molecule has 1 aromatic rings. The number of hydrogen-bond acceptors (Lipinski definition) is 3. The van der Waals surface area contributed by atoms with Crippen LogP contribution in [0.25, 0.3) is 0 Å². The predicted octanol–water partition coefficient (Wildman–Crippen LogP) is 1.10. The molecule has 0 aliphatic carbocycles. The number of nitrogens with two attached hydrogens (primary N) is 1. The molecule has 4 nitrogen and oxygen atoms in total. The molecule has 0 saturated carbocycles. The van der Waals surface area contributed by atoms with Crippen molar-refractivity contribution in [3.8, 4) is 0 Å². The molecule has 0 amide bonds. The monoisotopic (exact) mass is 241 g/mol. The SMILES string of the molecule is CC(C)C(=O)Cc1ccccc1S(N)(=O)=O. The Morgan fingerprint density at radius 1 is 1.31 bits per heavy atom. The summed E-state index contributed by atoms with van der Waals surface area (Å²) in [5.74, 6) is -0.121. The number of sulfonamides is 1. The lowest BCUT2D eigenvalue weighted by Gasteiger charge is -2.08. The first-order valence-corrected chi connectivity index (χ1v) is 6.50. The average Bonchev–Trinajstić information content (AvgIpc) is 2.16. The van der Waals surface area contributed by atoms with Crippen LogP contribution < -0.4 is 5.14 Å². The highest BCUT2D eigenvalue weighted by Crippen LogP contribution is 2.15. The summed E-state index contributed by atoms with van der Waals surface area (Å²) in [7, 11) is -3.76. The van der Waals surface area contributed by atoms with Crippen molar-refractivity contribution in [1.29, 1.82) is 0 Å². The van der Waals surface area contributed by atoms with E-state index in [1.807, 2.05) is 0 Å². The molecule has 0 saturated heterocycles. The fourth-order valence-electron chi connectivity index (χ4n) is 1.32. The molecule has 5 heteroatoms. The molecule has 16 heavy (non-hydrogen) atoms. The standard InChI is InChI=1S/C11H15NO3S/c1-8(2)10(13)7-9-5-3-4-6-11(9)16(12,14)15/h3-6,8H,7H2,1-2H3,(H2,12,14,15). The maximum Gasteiger partial charge on any atom is 0.238 e. The molecule has 0 heterocycles. The molecule has 0 aromatic heterocycles. The van der Waals surface area contributed by atoms with E-state index in [1.54, 1.807) is 32.0 Å². The van der Waals surface area contributed by atoms with E-state index in [0.29, 0.717) is 5.56 Å². The molecule has 1 aromatic carbocycles. The molecule has 0 spiro atoms. The Balaban J connectivity index is 3.11. The van der Waals surface area contributed by atoms with Crippen LogP contribution in [-0.2, 0) is 21.2 Å². The second kappa shape index (κ2) is 4.76. The van der Waals surface area contributed by atoms with E-state index >= 15 is 0 Å². The third kappa shape index (κ3) is 3.15. The first kappa shape index (κ1) is 12.9. The van der Waals surface area contributed by atoms with Gasteiger partial charge >= 0.3 is 0 Å². The van der Waals surface area contributed by atoms with Gasteiger partial charge in [-0.15, -0.1) is 0 Å². The van der Waals surface area contributed by atoms with Gasteiger partial charge in [-0.05, 0) is 11.6 Å². The third-order valence-corrected chi connectivity index (χ3v) is 3.30. The minimum absolute atomic E-state index is 0.00361. The first-order chi connectivity index (χ1) is 7.32. The van der Waals surface area contributed by atoms with Crippen molar-refractivity contribution in [2.45, 2.75) is 25.2 Å². The smallest absolute Gasteiger partial charge is 0.238 e. The minimum atomic E-state index is -3.76. The lowest BCUT2D eigenvalue weighted by molar-refractivity contribution is -0.121. The summed E-state index contributed by atoms with van der Waals surface area (Å²) in [5.41, 5.74) is 0.462. The minimum Gasteiger partial charge on any atom is -0.299 e. The van der Waals surface area contributed by atoms with Gasteiger partial charge in [0.05, 0.1) is 4.90 Å².